The van der Waals surface area contributed by atoms with Crippen LogP contribution in [0.1, 0.15) is 48.0 Å². The van der Waals surface area contributed by atoms with E-state index in [4.69, 9.17) is 14.2 Å². The van der Waals surface area contributed by atoms with Crippen molar-refractivity contribution in [3.05, 3.63) is 122 Å². The molecule has 0 atom stereocenters. The van der Waals surface area contributed by atoms with Crippen LogP contribution in [-0.4, -0.2) is 78.2 Å². The van der Waals surface area contributed by atoms with E-state index in [0.717, 1.165) is 76.3 Å². The number of aryl methyl sites for hydroxylation is 3. The van der Waals surface area contributed by atoms with Gasteiger partial charge < -0.3 is 4.74 Å². The van der Waals surface area contributed by atoms with Crippen LogP contribution in [0.25, 0.3) is 22.5 Å². The van der Waals surface area contributed by atoms with Gasteiger partial charge in [0.2, 0.25) is 0 Å². The van der Waals surface area contributed by atoms with Crippen molar-refractivity contribution < 1.29 is 9.26 Å². The molecule has 0 bridgehead atoms. The summed E-state index contributed by atoms with van der Waals surface area (Å²) < 4.78 is 11.8. The Kier molecular flexibility index (Phi) is 11.3. The number of nitrogens with one attached hydrogen (secondary N) is 1. The third kappa shape index (κ3) is 7.46. The molecule has 5 rings (SSSR count). The van der Waals surface area contributed by atoms with Crippen molar-refractivity contribution in [2.24, 2.45) is 0 Å². The van der Waals surface area contributed by atoms with Gasteiger partial charge in [0.15, 0.2) is 5.82 Å². The van der Waals surface area contributed by atoms with Crippen LogP contribution in [-0.2, 0) is 25.8 Å². The van der Waals surface area contributed by atoms with Crippen molar-refractivity contribution in [2.45, 2.75) is 52.5 Å². The first-order valence-electron chi connectivity index (χ1n) is 13.9. The number of nitrogens with zero attached hydrogens (tertiary/aromatic N) is 3. The molecule has 212 valence electrons. The summed E-state index contributed by atoms with van der Waals surface area (Å²) in [6.45, 7) is 4.63. The maximum absolute atomic E-state index is 13.8. The Morgan fingerprint density at radius 3 is 2.24 bits per heavy atom. The minimum atomic E-state index is -0.592. The van der Waals surface area contributed by atoms with Gasteiger partial charge in [0.25, 0.3) is 5.56 Å². The van der Waals surface area contributed by atoms with Crippen LogP contribution in [0.4, 0.5) is 0 Å². The van der Waals surface area contributed by atoms with Gasteiger partial charge in [-0.3, -0.25) is 18.9 Å². The molecule has 0 unspecified atom stereocenters. The Bertz CT molecular complexity index is 1740. The van der Waals surface area contributed by atoms with Crippen molar-refractivity contribution in [2.75, 3.05) is 7.11 Å². The zero-order chi connectivity index (χ0) is 28.8. The molecule has 2 heterocycles. The Labute approximate surface area is 287 Å². The van der Waals surface area contributed by atoms with Crippen LogP contribution in [0.3, 0.4) is 0 Å². The van der Waals surface area contributed by atoms with Gasteiger partial charge in [0, 0.05) is 24.1 Å². The second-order valence-electron chi connectivity index (χ2n) is 10.1. The monoisotopic (exact) mass is 590 g/mol. The number of benzene rings is 3. The van der Waals surface area contributed by atoms with E-state index in [1.807, 2.05) is 79.7 Å². The molecule has 0 fully saturated rings. The number of methoxy groups -OCH3 is 1. The van der Waals surface area contributed by atoms with Gasteiger partial charge in [-0.25, -0.2) is 9.78 Å². The first kappa shape index (κ1) is 31.8. The van der Waals surface area contributed by atoms with Gasteiger partial charge in [-0.1, -0.05) is 79.2 Å². The van der Waals surface area contributed by atoms with E-state index < -0.39 is 5.76 Å². The predicted molar refractivity (Wildman–Crippen MR) is 166 cm³/mol. The molecule has 3 aromatic carbocycles. The van der Waals surface area contributed by atoms with Crippen molar-refractivity contribution in [3.8, 4) is 28.3 Å². The van der Waals surface area contributed by atoms with E-state index >= 15 is 0 Å². The fourth-order valence-corrected chi connectivity index (χ4v) is 5.08. The second-order valence-corrected chi connectivity index (χ2v) is 10.1. The second kappa shape index (κ2) is 14.9. The van der Waals surface area contributed by atoms with Gasteiger partial charge in [-0.15, -0.1) is 0 Å². The molecule has 0 aliphatic rings. The Balaban J connectivity index is 0.00000405. The number of ether oxygens (including phenoxy) is 1. The number of rotatable bonds is 11. The average molecular weight is 591 g/mol. The summed E-state index contributed by atoms with van der Waals surface area (Å²) in [5.41, 5.74) is 6.51. The molecule has 0 radical (unpaired) electrons. The fourth-order valence-electron chi connectivity index (χ4n) is 5.08. The van der Waals surface area contributed by atoms with E-state index in [0.29, 0.717) is 18.8 Å². The molecule has 0 amide bonds. The number of unbranched alkanes of at least 4 members (excludes halogenated alkanes) is 1. The van der Waals surface area contributed by atoms with E-state index in [1.165, 1.54) is 0 Å². The molecule has 0 saturated heterocycles. The van der Waals surface area contributed by atoms with Crippen LogP contribution in [0.2, 0.25) is 0 Å². The van der Waals surface area contributed by atoms with Crippen LogP contribution < -0.4 is 16.1 Å². The minimum absolute atomic E-state index is 0. The van der Waals surface area contributed by atoms with Crippen molar-refractivity contribution >= 4 is 51.4 Å². The van der Waals surface area contributed by atoms with Crippen LogP contribution in [0.5, 0.6) is 5.75 Å². The van der Waals surface area contributed by atoms with Crippen LogP contribution in [0, 0.1) is 6.92 Å². The van der Waals surface area contributed by atoms with Crippen molar-refractivity contribution in [1.29, 1.82) is 0 Å². The van der Waals surface area contributed by atoms with Crippen LogP contribution >= 0.6 is 0 Å². The summed E-state index contributed by atoms with van der Waals surface area (Å²) in [5, 5.41) is 3.85. The summed E-state index contributed by atoms with van der Waals surface area (Å²) in [4.78, 5) is 32.9. The Hall–Kier alpha value is -3.08. The summed E-state index contributed by atoms with van der Waals surface area (Å²) in [5.74, 6) is 1.35. The molecule has 9 heteroatoms. The summed E-state index contributed by atoms with van der Waals surface area (Å²) in [7, 11) is 1.65. The van der Waals surface area contributed by atoms with Crippen LogP contribution in [0.15, 0.2) is 86.9 Å². The molecule has 0 spiro atoms. The van der Waals surface area contributed by atoms with Gasteiger partial charge >= 0.3 is 57.1 Å². The zero-order valence-electron chi connectivity index (χ0n) is 23.6. The molecule has 0 aliphatic carbocycles. The first-order chi connectivity index (χ1) is 20.0. The quantitative estimate of drug-likeness (QED) is 0.215. The Morgan fingerprint density at radius 1 is 0.905 bits per heavy atom. The molecule has 0 aliphatic heterocycles. The number of H-pyrrole nitrogens is 1. The molecule has 42 heavy (non-hydrogen) atoms. The zero-order valence-corrected chi connectivity index (χ0v) is 23.6. The van der Waals surface area contributed by atoms with Crippen molar-refractivity contribution in [1.82, 2.24) is 19.7 Å². The topological polar surface area (TPSA) is 103 Å². The number of aromatic amines is 1. The molecule has 1 N–H and O–H groups in total. The Morgan fingerprint density at radius 2 is 1.60 bits per heavy atom. The normalized spacial score (nSPS) is 10.8. The van der Waals surface area contributed by atoms with Gasteiger partial charge in [-0.2, -0.15) is 0 Å². The fraction of sp³-hybridized carbons (Fsp3) is 0.273. The average Bonchev–Trinajstić information content (AvgIpc) is 3.44. The first-order valence-corrected chi connectivity index (χ1v) is 13.9. The van der Waals surface area contributed by atoms with Gasteiger partial charge in [0.05, 0.1) is 12.8 Å². The maximum atomic E-state index is 13.8. The summed E-state index contributed by atoms with van der Waals surface area (Å²) >= 11 is 0. The third-order valence-electron chi connectivity index (χ3n) is 7.36. The van der Waals surface area contributed by atoms with E-state index in [2.05, 4.69) is 17.1 Å². The van der Waals surface area contributed by atoms with E-state index in [1.54, 1.807) is 11.7 Å². The van der Waals surface area contributed by atoms with E-state index in [9.17, 15) is 9.59 Å². The number of hydrogen-bond donors (Lipinski definition) is 1. The summed E-state index contributed by atoms with van der Waals surface area (Å²) in [6, 6.07) is 23.8. The number of aromatic nitrogens is 4. The molecule has 5 aromatic rings. The van der Waals surface area contributed by atoms with Gasteiger partial charge in [0.1, 0.15) is 11.6 Å². The van der Waals surface area contributed by atoms with Crippen molar-refractivity contribution in [3.63, 3.8) is 0 Å². The molecule has 0 saturated carbocycles. The summed E-state index contributed by atoms with van der Waals surface area (Å²) in [6.07, 6.45) is 4.03. The molecule has 2 aromatic heterocycles. The van der Waals surface area contributed by atoms with Gasteiger partial charge in [-0.05, 0) is 60.6 Å². The SMILES string of the molecule is CCCCc1nc(C)n(CCc2ccc(OC)cc2)c(=O)c1Cc1ccc(-c2ccccc2-c2noc(=O)[nH]2)cc1.[KH]. The predicted octanol–water partition coefficient (Wildman–Crippen LogP) is 5.10. The third-order valence-corrected chi connectivity index (χ3v) is 7.36. The van der Waals surface area contributed by atoms with E-state index in [-0.39, 0.29) is 56.9 Å². The molecular weight excluding hydrogens is 555 g/mol. The number of hydrogen-bond acceptors (Lipinski definition) is 6. The standard InChI is InChI=1S/C33H34N4O4.K.H/c1-4-5-10-30-29(32(38)37(22(2)34-30)20-19-23-13-17-26(40-3)18-14-23)21-24-11-15-25(16-12-24)27-8-6-7-9-28(27)31-35-33(39)41-36-31;;/h6-9,11-18H,4-5,10,19-21H2,1-3H3,(H,35,36,39);;. The molecule has 8 nitrogen and oxygen atoms in total. The molecular formula is C33H35KN4O4.